The first-order valence-corrected chi connectivity index (χ1v) is 8.76. The predicted molar refractivity (Wildman–Crippen MR) is 95.1 cm³/mol. The van der Waals surface area contributed by atoms with Crippen LogP contribution in [0.4, 0.5) is 10.2 Å². The van der Waals surface area contributed by atoms with Crippen LogP contribution in [0.25, 0.3) is 5.78 Å². The van der Waals surface area contributed by atoms with Gasteiger partial charge >= 0.3 is 0 Å². The van der Waals surface area contributed by atoms with Crippen molar-refractivity contribution >= 4 is 11.6 Å². The summed E-state index contributed by atoms with van der Waals surface area (Å²) in [4.78, 5) is 8.52. The molecule has 5 nitrogen and oxygen atoms in total. The van der Waals surface area contributed by atoms with E-state index in [0.29, 0.717) is 11.7 Å². The van der Waals surface area contributed by atoms with Gasteiger partial charge in [0.1, 0.15) is 18.0 Å². The Hall–Kier alpha value is -2.50. The summed E-state index contributed by atoms with van der Waals surface area (Å²) >= 11 is 0. The van der Waals surface area contributed by atoms with Crippen molar-refractivity contribution in [3.05, 3.63) is 53.2 Å². The van der Waals surface area contributed by atoms with E-state index in [2.05, 4.69) is 34.2 Å². The van der Waals surface area contributed by atoms with E-state index in [1.54, 1.807) is 10.6 Å². The van der Waals surface area contributed by atoms with Crippen LogP contribution < -0.4 is 5.32 Å². The van der Waals surface area contributed by atoms with Crippen LogP contribution in [0.5, 0.6) is 0 Å². The van der Waals surface area contributed by atoms with Crippen molar-refractivity contribution in [3.63, 3.8) is 0 Å². The Kier molecular flexibility index (Phi) is 3.90. The molecule has 0 radical (unpaired) electrons. The Bertz CT molecular complexity index is 913. The second-order valence-electron chi connectivity index (χ2n) is 7.18. The Morgan fingerprint density at radius 2 is 2.04 bits per heavy atom. The van der Waals surface area contributed by atoms with Crippen molar-refractivity contribution in [2.45, 2.75) is 45.6 Å². The maximum atomic E-state index is 14.5. The van der Waals surface area contributed by atoms with Gasteiger partial charge in [0.25, 0.3) is 5.78 Å². The van der Waals surface area contributed by atoms with Crippen LogP contribution in [-0.2, 0) is 0 Å². The molecule has 0 saturated heterocycles. The summed E-state index contributed by atoms with van der Waals surface area (Å²) in [7, 11) is 0. The van der Waals surface area contributed by atoms with Gasteiger partial charge in [0.05, 0.1) is 6.04 Å². The van der Waals surface area contributed by atoms with Crippen molar-refractivity contribution in [1.82, 2.24) is 19.6 Å². The number of benzene rings is 1. The van der Waals surface area contributed by atoms with Crippen LogP contribution >= 0.6 is 0 Å². The molecule has 0 amide bonds. The molecule has 6 heteroatoms. The number of aryl methyl sites for hydroxylation is 1. The summed E-state index contributed by atoms with van der Waals surface area (Å²) in [6, 6.07) is 7.57. The number of rotatable bonds is 5. The zero-order valence-corrected chi connectivity index (χ0v) is 14.7. The Morgan fingerprint density at radius 3 is 2.72 bits per heavy atom. The average molecular weight is 339 g/mol. The van der Waals surface area contributed by atoms with E-state index in [4.69, 9.17) is 0 Å². The number of aromatic nitrogens is 4. The minimum absolute atomic E-state index is 0.0306. The third kappa shape index (κ3) is 3.08. The summed E-state index contributed by atoms with van der Waals surface area (Å²) < 4.78 is 16.2. The molecule has 1 N–H and O–H groups in total. The molecular weight excluding hydrogens is 317 g/mol. The summed E-state index contributed by atoms with van der Waals surface area (Å²) in [5.74, 6) is 1.96. The summed E-state index contributed by atoms with van der Waals surface area (Å²) in [6.07, 6.45) is 3.69. The number of nitrogens with one attached hydrogen (secondary N) is 1. The molecule has 0 bridgehead atoms. The van der Waals surface area contributed by atoms with E-state index in [1.165, 1.54) is 6.33 Å². The molecule has 130 valence electrons. The molecule has 3 aromatic rings. The molecule has 25 heavy (non-hydrogen) atoms. The molecule has 0 spiro atoms. The second-order valence-corrected chi connectivity index (χ2v) is 7.18. The second kappa shape index (κ2) is 6.10. The van der Waals surface area contributed by atoms with Crippen LogP contribution in [0.15, 0.2) is 30.6 Å². The van der Waals surface area contributed by atoms with E-state index < -0.39 is 0 Å². The molecule has 2 aromatic heterocycles. The molecule has 1 saturated carbocycles. The lowest BCUT2D eigenvalue weighted by Crippen LogP contribution is -2.19. The van der Waals surface area contributed by atoms with Gasteiger partial charge < -0.3 is 5.32 Å². The highest BCUT2D eigenvalue weighted by Crippen LogP contribution is 2.42. The lowest BCUT2D eigenvalue weighted by molar-refractivity contribution is 0.535. The first-order chi connectivity index (χ1) is 12.0. The summed E-state index contributed by atoms with van der Waals surface area (Å²) in [6.45, 7) is 6.17. The maximum Gasteiger partial charge on any atom is 0.254 e. The van der Waals surface area contributed by atoms with Gasteiger partial charge in [-0.05, 0) is 48.8 Å². The minimum Gasteiger partial charge on any atom is -0.363 e. The third-order valence-electron chi connectivity index (χ3n) is 4.75. The highest BCUT2D eigenvalue weighted by atomic mass is 19.1. The number of nitrogens with zero attached hydrogens (tertiary/aromatic N) is 4. The average Bonchev–Trinajstić information content (AvgIpc) is 3.29. The van der Waals surface area contributed by atoms with Gasteiger partial charge in [0.15, 0.2) is 0 Å². The number of hydrogen-bond acceptors (Lipinski definition) is 4. The SMILES string of the molecule is Cc1cc(N[C@@H](c2ccc(C3CC3)c(F)c2)C(C)C)n2ncnc2n1. The zero-order valence-electron chi connectivity index (χ0n) is 14.7. The quantitative estimate of drug-likeness (QED) is 0.755. The van der Waals surface area contributed by atoms with Crippen LogP contribution in [0, 0.1) is 18.7 Å². The summed E-state index contributed by atoms with van der Waals surface area (Å²) in [5, 5.41) is 7.75. The van der Waals surface area contributed by atoms with Gasteiger partial charge in [-0.2, -0.15) is 14.6 Å². The molecule has 1 atom stereocenters. The van der Waals surface area contributed by atoms with Crippen molar-refractivity contribution in [2.24, 2.45) is 5.92 Å². The molecule has 1 fully saturated rings. The topological polar surface area (TPSA) is 55.1 Å². The molecule has 1 aliphatic rings. The lowest BCUT2D eigenvalue weighted by atomic mass is 9.94. The zero-order chi connectivity index (χ0) is 17.6. The van der Waals surface area contributed by atoms with Crippen LogP contribution in [0.1, 0.15) is 55.5 Å². The van der Waals surface area contributed by atoms with Crippen molar-refractivity contribution in [3.8, 4) is 0 Å². The first kappa shape index (κ1) is 16.0. The van der Waals surface area contributed by atoms with E-state index in [0.717, 1.165) is 35.5 Å². The molecule has 0 aliphatic heterocycles. The fraction of sp³-hybridized carbons (Fsp3) is 0.421. The molecule has 1 aromatic carbocycles. The summed E-state index contributed by atoms with van der Waals surface area (Å²) in [5.41, 5.74) is 2.66. The third-order valence-corrected chi connectivity index (χ3v) is 4.75. The smallest absolute Gasteiger partial charge is 0.254 e. The van der Waals surface area contributed by atoms with Crippen LogP contribution in [-0.4, -0.2) is 19.6 Å². The first-order valence-electron chi connectivity index (χ1n) is 8.76. The number of fused-ring (bicyclic) bond motifs is 1. The molecule has 4 rings (SSSR count). The molecule has 0 unspecified atom stereocenters. The highest BCUT2D eigenvalue weighted by Gasteiger charge is 2.27. The van der Waals surface area contributed by atoms with Gasteiger partial charge in [-0.1, -0.05) is 26.0 Å². The minimum atomic E-state index is -0.0933. The van der Waals surface area contributed by atoms with Crippen LogP contribution in [0.2, 0.25) is 0 Å². The molecular formula is C19H22FN5. The normalized spacial score (nSPS) is 15.7. The van der Waals surface area contributed by atoms with Gasteiger partial charge in [-0.15, -0.1) is 0 Å². The maximum absolute atomic E-state index is 14.5. The van der Waals surface area contributed by atoms with Gasteiger partial charge in [-0.25, -0.2) is 9.37 Å². The van der Waals surface area contributed by atoms with E-state index in [-0.39, 0.29) is 17.8 Å². The molecule has 1 aliphatic carbocycles. The molecule has 2 heterocycles. The van der Waals surface area contributed by atoms with Crippen LogP contribution in [0.3, 0.4) is 0 Å². The van der Waals surface area contributed by atoms with Crippen molar-refractivity contribution in [2.75, 3.05) is 5.32 Å². The van der Waals surface area contributed by atoms with E-state index in [9.17, 15) is 4.39 Å². The monoisotopic (exact) mass is 339 g/mol. The van der Waals surface area contributed by atoms with Gasteiger partial charge in [-0.3, -0.25) is 0 Å². The van der Waals surface area contributed by atoms with Crippen molar-refractivity contribution < 1.29 is 4.39 Å². The van der Waals surface area contributed by atoms with E-state index in [1.807, 2.05) is 25.1 Å². The standard InChI is InChI=1S/C19H22FN5/c1-11(2)18(14-6-7-15(13-4-5-13)16(20)9-14)24-17-8-12(3)23-19-21-10-22-25(17)19/h6-11,13,18,24H,4-5H2,1-3H3/t18-/m1/s1. The van der Waals surface area contributed by atoms with Crippen molar-refractivity contribution in [1.29, 1.82) is 0 Å². The lowest BCUT2D eigenvalue weighted by Gasteiger charge is -2.24. The Balaban J connectivity index is 1.69. The fourth-order valence-electron chi connectivity index (χ4n) is 3.29. The highest BCUT2D eigenvalue weighted by molar-refractivity contribution is 5.47. The van der Waals surface area contributed by atoms with Gasteiger partial charge in [0, 0.05) is 11.8 Å². The number of anilines is 1. The van der Waals surface area contributed by atoms with Gasteiger partial charge in [0.2, 0.25) is 0 Å². The Labute approximate surface area is 146 Å². The largest absolute Gasteiger partial charge is 0.363 e. The fourth-order valence-corrected chi connectivity index (χ4v) is 3.29. The predicted octanol–water partition coefficient (Wildman–Crippen LogP) is 4.26. The van der Waals surface area contributed by atoms with E-state index >= 15 is 0 Å². The number of hydrogen-bond donors (Lipinski definition) is 1. The number of halogens is 1. The Morgan fingerprint density at radius 1 is 1.24 bits per heavy atom.